The smallest absolute Gasteiger partial charge is 0.303 e. The maximum absolute atomic E-state index is 12.6. The largest absolute Gasteiger partial charge is 0.507 e. The molecule has 198 valence electrons. The fourth-order valence-corrected chi connectivity index (χ4v) is 4.37. The number of aromatic nitrogens is 1. The number of carboxylic acid groups (broad SMARTS) is 1. The number of aliphatic carboxylic acids is 1. The Morgan fingerprint density at radius 2 is 1.54 bits per heavy atom. The van der Waals surface area contributed by atoms with Crippen LogP contribution in [0.3, 0.4) is 0 Å². The maximum Gasteiger partial charge on any atom is 0.303 e. The number of benzene rings is 2. The third kappa shape index (κ3) is 6.90. The summed E-state index contributed by atoms with van der Waals surface area (Å²) in [4.78, 5) is 38.6. The highest BCUT2D eigenvalue weighted by atomic mass is 16.5. The van der Waals surface area contributed by atoms with Gasteiger partial charge in [-0.2, -0.15) is 0 Å². The number of rotatable bonds is 14. The van der Waals surface area contributed by atoms with Crippen LogP contribution >= 0.6 is 0 Å². The third-order valence-corrected chi connectivity index (χ3v) is 6.16. The average molecular weight is 510 g/mol. The molecule has 0 aliphatic rings. The van der Waals surface area contributed by atoms with Crippen LogP contribution in [-0.2, 0) is 24.1 Å². The van der Waals surface area contributed by atoms with E-state index in [1.165, 1.54) is 13.0 Å². The molecule has 0 fully saturated rings. The molecule has 1 aromatic heterocycles. The van der Waals surface area contributed by atoms with Gasteiger partial charge in [0.05, 0.1) is 30.7 Å². The number of nitrogens with one attached hydrogen (secondary N) is 1. The fourth-order valence-electron chi connectivity index (χ4n) is 4.37. The summed E-state index contributed by atoms with van der Waals surface area (Å²) >= 11 is 0. The molecule has 8 nitrogen and oxygen atoms in total. The van der Waals surface area contributed by atoms with E-state index in [2.05, 4.69) is 4.98 Å². The second kappa shape index (κ2) is 12.9. The van der Waals surface area contributed by atoms with Crippen LogP contribution in [0.5, 0.6) is 17.2 Å². The number of pyridine rings is 1. The predicted molar refractivity (Wildman–Crippen MR) is 142 cm³/mol. The van der Waals surface area contributed by atoms with Crippen molar-refractivity contribution < 1.29 is 29.3 Å². The molecule has 3 rings (SSSR count). The first kappa shape index (κ1) is 27.8. The molecule has 0 unspecified atom stereocenters. The Labute approximate surface area is 216 Å². The SMILES string of the molecule is CCCc1c(OCCCOc2ccc3c(=O)cc(CCC(=O)O)[nH]c3c2CCC)ccc(C(C)=O)c1O. The van der Waals surface area contributed by atoms with Crippen LogP contribution in [0.4, 0.5) is 0 Å². The summed E-state index contributed by atoms with van der Waals surface area (Å²) in [6.07, 6.45) is 3.72. The zero-order valence-electron chi connectivity index (χ0n) is 21.7. The van der Waals surface area contributed by atoms with Crippen LogP contribution in [-0.4, -0.2) is 40.2 Å². The van der Waals surface area contributed by atoms with E-state index in [1.807, 2.05) is 13.8 Å². The van der Waals surface area contributed by atoms with Crippen LogP contribution in [0.25, 0.3) is 10.9 Å². The van der Waals surface area contributed by atoms with E-state index in [1.54, 1.807) is 24.3 Å². The van der Waals surface area contributed by atoms with E-state index < -0.39 is 5.97 Å². The van der Waals surface area contributed by atoms with Crippen molar-refractivity contribution in [2.24, 2.45) is 0 Å². The summed E-state index contributed by atoms with van der Waals surface area (Å²) in [6.45, 7) is 6.21. The minimum Gasteiger partial charge on any atom is -0.507 e. The highest BCUT2D eigenvalue weighted by Crippen LogP contribution is 2.33. The van der Waals surface area contributed by atoms with Gasteiger partial charge in [-0.25, -0.2) is 0 Å². The van der Waals surface area contributed by atoms with Crippen molar-refractivity contribution >= 4 is 22.7 Å². The van der Waals surface area contributed by atoms with E-state index in [9.17, 15) is 19.5 Å². The number of phenolic OH excluding ortho intramolecular Hbond substituents is 1. The van der Waals surface area contributed by atoms with Gasteiger partial charge in [-0.15, -0.1) is 0 Å². The zero-order valence-corrected chi connectivity index (χ0v) is 21.7. The van der Waals surface area contributed by atoms with Crippen LogP contribution < -0.4 is 14.9 Å². The first-order valence-electron chi connectivity index (χ1n) is 12.8. The van der Waals surface area contributed by atoms with Crippen LogP contribution in [0.1, 0.15) is 73.6 Å². The molecule has 2 aromatic carbocycles. The Morgan fingerprint density at radius 3 is 2.16 bits per heavy atom. The summed E-state index contributed by atoms with van der Waals surface area (Å²) in [6, 6.07) is 8.31. The minimum absolute atomic E-state index is 0.0137. The number of hydrogen-bond acceptors (Lipinski definition) is 6. The number of Topliss-reactive ketones (excluding diaryl/α,β-unsaturated/α-hetero) is 1. The highest BCUT2D eigenvalue weighted by Gasteiger charge is 2.16. The van der Waals surface area contributed by atoms with Gasteiger partial charge >= 0.3 is 5.97 Å². The molecule has 8 heteroatoms. The number of fused-ring (bicyclic) bond motifs is 1. The van der Waals surface area contributed by atoms with Gasteiger partial charge in [-0.3, -0.25) is 14.4 Å². The van der Waals surface area contributed by atoms with E-state index in [0.29, 0.717) is 71.7 Å². The molecule has 0 radical (unpaired) electrons. The van der Waals surface area contributed by atoms with Crippen molar-refractivity contribution in [1.29, 1.82) is 0 Å². The van der Waals surface area contributed by atoms with Gasteiger partial charge in [-0.05, 0) is 50.5 Å². The van der Waals surface area contributed by atoms with Crippen molar-refractivity contribution in [2.75, 3.05) is 13.2 Å². The molecule has 0 aliphatic heterocycles. The number of H-pyrrole nitrogens is 1. The number of carbonyl (C=O) groups excluding carboxylic acids is 1. The number of aromatic amines is 1. The van der Waals surface area contributed by atoms with Gasteiger partial charge in [0.1, 0.15) is 17.2 Å². The van der Waals surface area contributed by atoms with Gasteiger partial charge < -0.3 is 24.7 Å². The molecule has 0 bridgehead atoms. The van der Waals surface area contributed by atoms with Gasteiger partial charge in [-0.1, -0.05) is 26.7 Å². The molecule has 0 atom stereocenters. The number of carbonyl (C=O) groups is 2. The Morgan fingerprint density at radius 1 is 0.919 bits per heavy atom. The number of ketones is 1. The Kier molecular flexibility index (Phi) is 9.71. The van der Waals surface area contributed by atoms with E-state index in [4.69, 9.17) is 14.6 Å². The second-order valence-electron chi connectivity index (χ2n) is 9.06. The first-order chi connectivity index (χ1) is 17.8. The molecular formula is C29H35NO7. The summed E-state index contributed by atoms with van der Waals surface area (Å²) in [5.74, 6) is 0.119. The lowest BCUT2D eigenvalue weighted by atomic mass is 10.0. The summed E-state index contributed by atoms with van der Waals surface area (Å²) in [7, 11) is 0. The predicted octanol–water partition coefficient (Wildman–Crippen LogP) is 5.21. The van der Waals surface area contributed by atoms with Gasteiger partial charge in [0, 0.05) is 34.7 Å². The maximum atomic E-state index is 12.6. The monoisotopic (exact) mass is 509 g/mol. The summed E-state index contributed by atoms with van der Waals surface area (Å²) in [5.41, 5.74) is 2.96. The molecule has 0 aliphatic carbocycles. The number of hydrogen-bond donors (Lipinski definition) is 3. The van der Waals surface area contributed by atoms with E-state index >= 15 is 0 Å². The van der Waals surface area contributed by atoms with E-state index in [0.717, 1.165) is 18.4 Å². The number of ether oxygens (including phenoxy) is 2. The van der Waals surface area contributed by atoms with Crippen LogP contribution in [0.15, 0.2) is 35.1 Å². The quantitative estimate of drug-likeness (QED) is 0.201. The molecule has 0 saturated heterocycles. The normalized spacial score (nSPS) is 11.0. The van der Waals surface area contributed by atoms with E-state index in [-0.39, 0.29) is 29.8 Å². The topological polar surface area (TPSA) is 126 Å². The molecule has 0 spiro atoms. The van der Waals surface area contributed by atoms with Crippen molar-refractivity contribution in [3.63, 3.8) is 0 Å². The highest BCUT2D eigenvalue weighted by molar-refractivity contribution is 5.97. The second-order valence-corrected chi connectivity index (χ2v) is 9.06. The van der Waals surface area contributed by atoms with Gasteiger partial charge in [0.15, 0.2) is 11.2 Å². The number of carboxylic acids is 1. The molecule has 3 N–H and O–H groups in total. The molecular weight excluding hydrogens is 474 g/mol. The number of aryl methyl sites for hydroxylation is 2. The van der Waals surface area contributed by atoms with Crippen LogP contribution in [0, 0.1) is 0 Å². The van der Waals surface area contributed by atoms with Gasteiger partial charge in [0.25, 0.3) is 0 Å². The molecule has 37 heavy (non-hydrogen) atoms. The Bertz CT molecular complexity index is 1330. The fraction of sp³-hybridized carbons (Fsp3) is 0.414. The molecule has 3 aromatic rings. The van der Waals surface area contributed by atoms with Crippen molar-refractivity contribution in [1.82, 2.24) is 4.98 Å². The lowest BCUT2D eigenvalue weighted by Crippen LogP contribution is -2.11. The Hall–Kier alpha value is -3.81. The van der Waals surface area contributed by atoms with Crippen molar-refractivity contribution in [3.05, 3.63) is 62.9 Å². The molecule has 1 heterocycles. The summed E-state index contributed by atoms with van der Waals surface area (Å²) in [5, 5.41) is 20.1. The average Bonchev–Trinajstić information content (AvgIpc) is 2.85. The van der Waals surface area contributed by atoms with Gasteiger partial charge in [0.2, 0.25) is 0 Å². The molecule has 0 amide bonds. The minimum atomic E-state index is -0.916. The van der Waals surface area contributed by atoms with Crippen molar-refractivity contribution in [2.45, 2.75) is 65.7 Å². The van der Waals surface area contributed by atoms with Crippen molar-refractivity contribution in [3.8, 4) is 17.2 Å². The number of phenols is 1. The lowest BCUT2D eigenvalue weighted by Gasteiger charge is -2.16. The molecule has 0 saturated carbocycles. The standard InChI is InChI=1S/C29H35NO7/c1-4-7-22-25(13-11-21-24(32)17-19(30-28(21)22)9-14-27(33)34)36-15-6-16-37-26-12-10-20(18(3)31)29(35)23(26)8-5-2/h10-13,17,35H,4-9,14-16H2,1-3H3,(H,30,32)(H,33,34). The lowest BCUT2D eigenvalue weighted by molar-refractivity contribution is -0.136. The third-order valence-electron chi connectivity index (χ3n) is 6.16. The zero-order chi connectivity index (χ0) is 26.9. The Balaban J connectivity index is 1.72. The first-order valence-corrected chi connectivity index (χ1v) is 12.8. The summed E-state index contributed by atoms with van der Waals surface area (Å²) < 4.78 is 12.0. The van der Waals surface area contributed by atoms with Crippen LogP contribution in [0.2, 0.25) is 0 Å². The number of aromatic hydroxyl groups is 1.